The number of benzene rings is 1. The van der Waals surface area contributed by atoms with Crippen molar-refractivity contribution in [1.29, 1.82) is 0 Å². The highest BCUT2D eigenvalue weighted by molar-refractivity contribution is 7.17. The fraction of sp³-hybridized carbons (Fsp3) is 0.412. The normalized spacial score (nSPS) is 17.3. The minimum absolute atomic E-state index is 0.00640. The van der Waals surface area contributed by atoms with Gasteiger partial charge in [0.2, 0.25) is 0 Å². The minimum Gasteiger partial charge on any atom is -0.481 e. The van der Waals surface area contributed by atoms with Crippen molar-refractivity contribution in [3.8, 4) is 0 Å². The predicted octanol–water partition coefficient (Wildman–Crippen LogP) is 2.52. The van der Waals surface area contributed by atoms with E-state index in [1.165, 1.54) is 4.70 Å². The molecule has 1 aliphatic rings. The molecule has 23 heavy (non-hydrogen) atoms. The third-order valence-electron chi connectivity index (χ3n) is 4.39. The highest BCUT2D eigenvalue weighted by Gasteiger charge is 2.25. The summed E-state index contributed by atoms with van der Waals surface area (Å²) in [5.41, 5.74) is 0.725. The molecule has 0 spiro atoms. The SMILES string of the molecule is CC(CC(=O)O)N1CCN(C(=O)c2ccc3sccc3c2)CC1. The van der Waals surface area contributed by atoms with Crippen LogP contribution in [-0.2, 0) is 4.79 Å². The molecule has 5 nitrogen and oxygen atoms in total. The maximum atomic E-state index is 12.6. The summed E-state index contributed by atoms with van der Waals surface area (Å²) in [6.45, 7) is 4.66. The summed E-state index contributed by atoms with van der Waals surface area (Å²) in [4.78, 5) is 27.4. The number of rotatable bonds is 4. The number of carbonyl (C=O) groups is 2. The number of thiophene rings is 1. The van der Waals surface area contributed by atoms with Gasteiger partial charge in [0.1, 0.15) is 0 Å². The lowest BCUT2D eigenvalue weighted by Crippen LogP contribution is -2.51. The Kier molecular flexibility index (Phi) is 4.63. The molecular formula is C17H20N2O3S. The van der Waals surface area contributed by atoms with Crippen molar-refractivity contribution in [1.82, 2.24) is 9.80 Å². The molecular weight excluding hydrogens is 312 g/mol. The molecule has 2 heterocycles. The third-order valence-corrected chi connectivity index (χ3v) is 5.29. The summed E-state index contributed by atoms with van der Waals surface area (Å²) >= 11 is 1.67. The van der Waals surface area contributed by atoms with Crippen LogP contribution in [0.2, 0.25) is 0 Å². The van der Waals surface area contributed by atoms with E-state index in [1.54, 1.807) is 11.3 Å². The molecule has 1 saturated heterocycles. The van der Waals surface area contributed by atoms with Gasteiger partial charge in [-0.1, -0.05) is 0 Å². The van der Waals surface area contributed by atoms with Crippen LogP contribution in [0.4, 0.5) is 0 Å². The summed E-state index contributed by atoms with van der Waals surface area (Å²) < 4.78 is 1.19. The summed E-state index contributed by atoms with van der Waals surface area (Å²) in [6, 6.07) is 7.88. The van der Waals surface area contributed by atoms with Gasteiger partial charge in [0.15, 0.2) is 0 Å². The van der Waals surface area contributed by atoms with Crippen LogP contribution >= 0.6 is 11.3 Å². The average molecular weight is 332 g/mol. The van der Waals surface area contributed by atoms with Crippen LogP contribution < -0.4 is 0 Å². The summed E-state index contributed by atoms with van der Waals surface area (Å²) in [5.74, 6) is -0.719. The van der Waals surface area contributed by atoms with Gasteiger partial charge in [-0.25, -0.2) is 0 Å². The Morgan fingerprint density at radius 2 is 1.96 bits per heavy atom. The fourth-order valence-corrected chi connectivity index (χ4v) is 3.80. The molecule has 1 fully saturated rings. The number of carbonyl (C=O) groups excluding carboxylic acids is 1. The molecule has 0 bridgehead atoms. The number of carboxylic acid groups (broad SMARTS) is 1. The van der Waals surface area contributed by atoms with E-state index in [4.69, 9.17) is 5.11 Å². The van der Waals surface area contributed by atoms with E-state index >= 15 is 0 Å². The number of nitrogens with zero attached hydrogens (tertiary/aromatic N) is 2. The molecule has 0 saturated carbocycles. The third kappa shape index (κ3) is 3.54. The van der Waals surface area contributed by atoms with Crippen LogP contribution in [0.15, 0.2) is 29.6 Å². The number of hydrogen-bond acceptors (Lipinski definition) is 4. The largest absolute Gasteiger partial charge is 0.481 e. The average Bonchev–Trinajstić information content (AvgIpc) is 3.01. The Morgan fingerprint density at radius 3 is 2.65 bits per heavy atom. The number of fused-ring (bicyclic) bond motifs is 1. The number of amides is 1. The highest BCUT2D eigenvalue weighted by Crippen LogP contribution is 2.22. The van der Waals surface area contributed by atoms with Crippen LogP contribution in [0.25, 0.3) is 10.1 Å². The van der Waals surface area contributed by atoms with E-state index in [2.05, 4.69) is 4.90 Å². The monoisotopic (exact) mass is 332 g/mol. The first-order chi connectivity index (χ1) is 11.0. The lowest BCUT2D eigenvalue weighted by molar-refractivity contribution is -0.138. The maximum absolute atomic E-state index is 12.6. The van der Waals surface area contributed by atoms with Crippen molar-refractivity contribution in [2.24, 2.45) is 0 Å². The van der Waals surface area contributed by atoms with Gasteiger partial charge in [-0.15, -0.1) is 11.3 Å². The number of hydrogen-bond donors (Lipinski definition) is 1. The zero-order chi connectivity index (χ0) is 16.4. The van der Waals surface area contributed by atoms with E-state index in [0.29, 0.717) is 13.1 Å². The molecule has 0 radical (unpaired) electrons. The van der Waals surface area contributed by atoms with Crippen LogP contribution in [0.5, 0.6) is 0 Å². The van der Waals surface area contributed by atoms with Gasteiger partial charge in [-0.05, 0) is 42.0 Å². The minimum atomic E-state index is -0.778. The van der Waals surface area contributed by atoms with E-state index in [9.17, 15) is 9.59 Å². The standard InChI is InChI=1S/C17H20N2O3S/c1-12(10-16(20)21)18-5-7-19(8-6-18)17(22)14-2-3-15-13(11-14)4-9-23-15/h2-4,9,11-12H,5-8,10H2,1H3,(H,20,21). The molecule has 0 aliphatic carbocycles. The first kappa shape index (κ1) is 16.0. The molecule has 1 aromatic heterocycles. The van der Waals surface area contributed by atoms with E-state index in [-0.39, 0.29) is 18.4 Å². The molecule has 2 aromatic rings. The summed E-state index contributed by atoms with van der Waals surface area (Å²) in [5, 5.41) is 12.0. The van der Waals surface area contributed by atoms with Gasteiger partial charge in [-0.2, -0.15) is 0 Å². The van der Waals surface area contributed by atoms with Crippen LogP contribution in [0.1, 0.15) is 23.7 Å². The van der Waals surface area contributed by atoms with Crippen LogP contribution in [0.3, 0.4) is 0 Å². The van der Waals surface area contributed by atoms with Crippen LogP contribution in [0, 0.1) is 0 Å². The second kappa shape index (κ2) is 6.68. The first-order valence-electron chi connectivity index (χ1n) is 7.77. The van der Waals surface area contributed by atoms with Gasteiger partial charge in [0.05, 0.1) is 6.42 Å². The van der Waals surface area contributed by atoms with Crippen molar-refractivity contribution in [2.75, 3.05) is 26.2 Å². The van der Waals surface area contributed by atoms with Gasteiger partial charge < -0.3 is 10.0 Å². The Balaban J connectivity index is 1.62. The number of piperazine rings is 1. The molecule has 3 rings (SSSR count). The topological polar surface area (TPSA) is 60.9 Å². The van der Waals surface area contributed by atoms with E-state index < -0.39 is 5.97 Å². The Bertz CT molecular complexity index is 719. The first-order valence-corrected chi connectivity index (χ1v) is 8.65. The number of carboxylic acids is 1. The molecule has 1 unspecified atom stereocenters. The Morgan fingerprint density at radius 1 is 1.22 bits per heavy atom. The second-order valence-corrected chi connectivity index (χ2v) is 6.90. The smallest absolute Gasteiger partial charge is 0.304 e. The Labute approximate surface area is 139 Å². The molecule has 1 aromatic carbocycles. The summed E-state index contributed by atoms with van der Waals surface area (Å²) in [6.07, 6.45) is 0.142. The fourth-order valence-electron chi connectivity index (χ4n) is 3.03. The molecule has 1 atom stereocenters. The van der Waals surface area contributed by atoms with Crippen molar-refractivity contribution < 1.29 is 14.7 Å². The quantitative estimate of drug-likeness (QED) is 0.934. The lowest BCUT2D eigenvalue weighted by Gasteiger charge is -2.37. The lowest BCUT2D eigenvalue weighted by atomic mass is 10.1. The van der Waals surface area contributed by atoms with Gasteiger partial charge in [-0.3, -0.25) is 14.5 Å². The molecule has 1 N–H and O–H groups in total. The number of aliphatic carboxylic acids is 1. The second-order valence-electron chi connectivity index (χ2n) is 5.95. The summed E-state index contributed by atoms with van der Waals surface area (Å²) in [7, 11) is 0. The van der Waals surface area contributed by atoms with E-state index in [0.717, 1.165) is 24.0 Å². The zero-order valence-corrected chi connectivity index (χ0v) is 13.9. The Hall–Kier alpha value is -1.92. The molecule has 122 valence electrons. The van der Waals surface area contributed by atoms with Crippen molar-refractivity contribution in [3.63, 3.8) is 0 Å². The van der Waals surface area contributed by atoms with Crippen LogP contribution in [-0.4, -0.2) is 59.0 Å². The van der Waals surface area contributed by atoms with Gasteiger partial charge in [0, 0.05) is 42.5 Å². The zero-order valence-electron chi connectivity index (χ0n) is 13.1. The molecule has 1 aliphatic heterocycles. The molecule has 1 amide bonds. The maximum Gasteiger partial charge on any atom is 0.304 e. The predicted molar refractivity (Wildman–Crippen MR) is 91.0 cm³/mol. The van der Waals surface area contributed by atoms with Gasteiger partial charge >= 0.3 is 5.97 Å². The van der Waals surface area contributed by atoms with Crippen molar-refractivity contribution >= 4 is 33.3 Å². The van der Waals surface area contributed by atoms with Gasteiger partial charge in [0.25, 0.3) is 5.91 Å². The van der Waals surface area contributed by atoms with E-state index in [1.807, 2.05) is 41.5 Å². The van der Waals surface area contributed by atoms with Crippen molar-refractivity contribution in [3.05, 3.63) is 35.2 Å². The molecule has 6 heteroatoms. The van der Waals surface area contributed by atoms with Crippen molar-refractivity contribution in [2.45, 2.75) is 19.4 Å². The highest BCUT2D eigenvalue weighted by atomic mass is 32.1.